The molecule has 2 heterocycles. The number of sulfonamides is 1. The fraction of sp³-hybridized carbons (Fsp3) is 0.667. The Bertz CT molecular complexity index is 860. The lowest BCUT2D eigenvalue weighted by atomic mass is 9.95. The Balaban J connectivity index is 1.75. The van der Waals surface area contributed by atoms with Crippen LogP contribution in [0, 0.1) is 16.0 Å². The summed E-state index contributed by atoms with van der Waals surface area (Å²) in [6.45, 7) is 4.62. The second-order valence-corrected chi connectivity index (χ2v) is 9.73. The average molecular weight is 435 g/mol. The molecule has 3 rings (SSSR count). The van der Waals surface area contributed by atoms with Crippen molar-refractivity contribution in [2.75, 3.05) is 26.2 Å². The number of nitrogens with zero attached hydrogens (tertiary/aromatic N) is 3. The van der Waals surface area contributed by atoms with Crippen LogP contribution in [0.3, 0.4) is 0 Å². The first-order valence-electron chi connectivity index (χ1n) is 9.60. The number of hydrogen-bond donors (Lipinski definition) is 0. The van der Waals surface area contributed by atoms with Gasteiger partial charge in [-0.05, 0) is 56.8 Å². The zero-order valence-corrected chi connectivity index (χ0v) is 16.9. The zero-order valence-electron chi connectivity index (χ0n) is 16.1. The van der Waals surface area contributed by atoms with E-state index in [1.165, 1.54) is 4.31 Å². The quantitative estimate of drug-likeness (QED) is 0.534. The monoisotopic (exact) mass is 435 g/mol. The third-order valence-corrected chi connectivity index (χ3v) is 7.76. The van der Waals surface area contributed by atoms with Crippen molar-refractivity contribution in [3.8, 4) is 0 Å². The highest BCUT2D eigenvalue weighted by atomic mass is 32.2. The summed E-state index contributed by atoms with van der Waals surface area (Å²) < 4.78 is 66.4. The summed E-state index contributed by atoms with van der Waals surface area (Å²) in [5.74, 6) is 0.691. The molecular weight excluding hydrogens is 411 g/mol. The van der Waals surface area contributed by atoms with Crippen molar-refractivity contribution in [1.29, 1.82) is 0 Å². The summed E-state index contributed by atoms with van der Waals surface area (Å²) >= 11 is 0. The Morgan fingerprint density at radius 3 is 2.17 bits per heavy atom. The van der Waals surface area contributed by atoms with Crippen LogP contribution in [0.1, 0.15) is 38.2 Å². The highest BCUT2D eigenvalue weighted by Crippen LogP contribution is 2.38. The number of benzene rings is 1. The van der Waals surface area contributed by atoms with Gasteiger partial charge >= 0.3 is 6.18 Å². The van der Waals surface area contributed by atoms with E-state index in [0.29, 0.717) is 30.9 Å². The molecule has 0 radical (unpaired) electrons. The molecule has 0 unspecified atom stereocenters. The Morgan fingerprint density at radius 2 is 1.66 bits per heavy atom. The van der Waals surface area contributed by atoms with Gasteiger partial charge in [0.1, 0.15) is 5.56 Å². The third-order valence-electron chi connectivity index (χ3n) is 5.87. The molecular formula is C18H24F3N3O4S. The SMILES string of the molecule is CC1CCN(C2CCN(S(=O)(=O)c3ccc([N+](=O)[O-])c(C(F)(F)F)c3)CC2)CC1. The maximum Gasteiger partial charge on any atom is 0.423 e. The van der Waals surface area contributed by atoms with Crippen molar-refractivity contribution < 1.29 is 26.5 Å². The molecule has 0 spiro atoms. The summed E-state index contributed by atoms with van der Waals surface area (Å²) in [7, 11) is -4.16. The van der Waals surface area contributed by atoms with E-state index in [9.17, 15) is 31.7 Å². The number of halogens is 3. The summed E-state index contributed by atoms with van der Waals surface area (Å²) in [5.41, 5.74) is -2.71. The van der Waals surface area contributed by atoms with Crippen molar-refractivity contribution in [2.24, 2.45) is 5.92 Å². The first-order valence-corrected chi connectivity index (χ1v) is 11.0. The number of nitro benzene ring substituents is 1. The first kappa shape index (κ1) is 22.0. The van der Waals surface area contributed by atoms with E-state index in [2.05, 4.69) is 11.8 Å². The van der Waals surface area contributed by atoms with Gasteiger partial charge in [0, 0.05) is 25.2 Å². The molecule has 7 nitrogen and oxygen atoms in total. The van der Waals surface area contributed by atoms with Crippen molar-refractivity contribution in [3.05, 3.63) is 33.9 Å². The van der Waals surface area contributed by atoms with Crippen LogP contribution < -0.4 is 0 Å². The van der Waals surface area contributed by atoms with Gasteiger partial charge in [-0.15, -0.1) is 0 Å². The molecule has 2 aliphatic heterocycles. The van der Waals surface area contributed by atoms with Gasteiger partial charge in [-0.1, -0.05) is 6.92 Å². The topological polar surface area (TPSA) is 83.8 Å². The van der Waals surface area contributed by atoms with E-state index < -0.39 is 37.3 Å². The van der Waals surface area contributed by atoms with Gasteiger partial charge in [-0.2, -0.15) is 17.5 Å². The van der Waals surface area contributed by atoms with E-state index in [4.69, 9.17) is 0 Å². The van der Waals surface area contributed by atoms with Crippen LogP contribution >= 0.6 is 0 Å². The Morgan fingerprint density at radius 1 is 1.07 bits per heavy atom. The summed E-state index contributed by atoms with van der Waals surface area (Å²) in [5, 5.41) is 10.9. The number of nitro groups is 1. The largest absolute Gasteiger partial charge is 0.423 e. The van der Waals surface area contributed by atoms with E-state index in [-0.39, 0.29) is 19.1 Å². The molecule has 2 fully saturated rings. The van der Waals surface area contributed by atoms with E-state index >= 15 is 0 Å². The molecule has 0 bridgehead atoms. The molecule has 0 amide bonds. The van der Waals surface area contributed by atoms with E-state index in [1.54, 1.807) is 0 Å². The van der Waals surface area contributed by atoms with Crippen molar-refractivity contribution >= 4 is 15.7 Å². The lowest BCUT2D eigenvalue weighted by molar-refractivity contribution is -0.388. The van der Waals surface area contributed by atoms with Gasteiger partial charge in [-0.25, -0.2) is 8.42 Å². The van der Waals surface area contributed by atoms with Gasteiger partial charge in [0.05, 0.1) is 9.82 Å². The third kappa shape index (κ3) is 4.72. The van der Waals surface area contributed by atoms with E-state index in [0.717, 1.165) is 32.0 Å². The molecule has 0 aromatic heterocycles. The summed E-state index contributed by atoms with van der Waals surface area (Å²) in [4.78, 5) is 11.5. The van der Waals surface area contributed by atoms with Crippen molar-refractivity contribution in [1.82, 2.24) is 9.21 Å². The number of piperidine rings is 2. The smallest absolute Gasteiger partial charge is 0.300 e. The average Bonchev–Trinajstić information content (AvgIpc) is 2.67. The van der Waals surface area contributed by atoms with Crippen molar-refractivity contribution in [3.63, 3.8) is 0 Å². The standard InChI is InChI=1S/C18H24F3N3O4S/c1-13-4-8-22(9-5-13)14-6-10-23(11-7-14)29(27,28)15-2-3-17(24(25)26)16(12-15)18(19,20)21/h2-3,12-14H,4-11H2,1H3. The molecule has 29 heavy (non-hydrogen) atoms. The fourth-order valence-corrected chi connectivity index (χ4v) is 5.55. The number of hydrogen-bond acceptors (Lipinski definition) is 5. The Labute approximate surface area is 167 Å². The Kier molecular flexibility index (Phi) is 6.21. The first-order chi connectivity index (χ1) is 13.5. The lowest BCUT2D eigenvalue weighted by Crippen LogP contribution is -2.48. The molecule has 0 atom stereocenters. The number of rotatable bonds is 4. The minimum Gasteiger partial charge on any atom is -0.300 e. The van der Waals surface area contributed by atoms with Gasteiger partial charge in [-0.3, -0.25) is 10.1 Å². The highest BCUT2D eigenvalue weighted by molar-refractivity contribution is 7.89. The number of alkyl halides is 3. The van der Waals surface area contributed by atoms with Gasteiger partial charge in [0.2, 0.25) is 10.0 Å². The van der Waals surface area contributed by atoms with Crippen LogP contribution in [0.2, 0.25) is 0 Å². The molecule has 0 aliphatic carbocycles. The van der Waals surface area contributed by atoms with Crippen LogP contribution in [0.25, 0.3) is 0 Å². The normalized spacial score (nSPS) is 21.4. The predicted molar refractivity (Wildman–Crippen MR) is 99.9 cm³/mol. The molecule has 162 valence electrons. The van der Waals surface area contributed by atoms with Crippen molar-refractivity contribution in [2.45, 2.75) is 49.7 Å². The molecule has 11 heteroatoms. The Hall–Kier alpha value is -1.72. The molecule has 0 saturated carbocycles. The van der Waals surface area contributed by atoms with Crippen LogP contribution in [-0.4, -0.2) is 54.8 Å². The molecule has 1 aromatic carbocycles. The lowest BCUT2D eigenvalue weighted by Gasteiger charge is -2.41. The van der Waals surface area contributed by atoms with Gasteiger partial charge < -0.3 is 4.90 Å². The summed E-state index contributed by atoms with van der Waals surface area (Å²) in [6, 6.07) is 2.13. The van der Waals surface area contributed by atoms with Crippen LogP contribution in [0.5, 0.6) is 0 Å². The fourth-order valence-electron chi connectivity index (χ4n) is 4.05. The predicted octanol–water partition coefficient (Wildman–Crippen LogP) is 3.50. The highest BCUT2D eigenvalue weighted by Gasteiger charge is 2.40. The summed E-state index contributed by atoms with van der Waals surface area (Å²) in [6.07, 6.45) is -1.56. The van der Waals surface area contributed by atoms with Gasteiger partial charge in [0.25, 0.3) is 5.69 Å². The zero-order chi connectivity index (χ0) is 21.4. The minimum atomic E-state index is -5.02. The van der Waals surface area contributed by atoms with Crippen LogP contribution in [0.4, 0.5) is 18.9 Å². The molecule has 0 N–H and O–H groups in total. The van der Waals surface area contributed by atoms with E-state index in [1.807, 2.05) is 0 Å². The van der Waals surface area contributed by atoms with Crippen LogP contribution in [0.15, 0.2) is 23.1 Å². The van der Waals surface area contributed by atoms with Crippen LogP contribution in [-0.2, 0) is 16.2 Å². The minimum absolute atomic E-state index is 0.220. The molecule has 2 aliphatic rings. The molecule has 2 saturated heterocycles. The second-order valence-electron chi connectivity index (χ2n) is 7.79. The maximum absolute atomic E-state index is 13.2. The molecule has 1 aromatic rings. The van der Waals surface area contributed by atoms with Gasteiger partial charge in [0.15, 0.2) is 0 Å². The maximum atomic E-state index is 13.2. The second kappa shape index (κ2) is 8.19. The number of likely N-dealkylation sites (tertiary alicyclic amines) is 1.